The average molecular weight is 422 g/mol. The number of methoxy groups -OCH3 is 2. The first-order valence-electron chi connectivity index (χ1n) is 7.05. The molecule has 0 unspecified atom stereocenters. The van der Waals surface area contributed by atoms with Crippen molar-refractivity contribution in [2.45, 2.75) is 12.7 Å². The van der Waals surface area contributed by atoms with Gasteiger partial charge in [-0.25, -0.2) is 0 Å². The van der Waals surface area contributed by atoms with Crippen molar-refractivity contribution in [2.75, 3.05) is 20.8 Å². The quantitative estimate of drug-likeness (QED) is 0.698. The topological polar surface area (TPSA) is 51.9 Å². The Morgan fingerprint density at radius 3 is 2.28 bits per heavy atom. The molecule has 0 aliphatic rings. The fraction of sp³-hybridized carbons (Fsp3) is 0.312. The minimum absolute atomic E-state index is 0.00714. The van der Waals surface area contributed by atoms with Crippen LogP contribution in [-0.2, 0) is 6.54 Å². The van der Waals surface area contributed by atoms with Crippen LogP contribution < -0.4 is 9.47 Å². The van der Waals surface area contributed by atoms with E-state index in [0.29, 0.717) is 9.37 Å². The Morgan fingerprint density at radius 1 is 1.24 bits per heavy atom. The van der Waals surface area contributed by atoms with Crippen molar-refractivity contribution in [3.63, 3.8) is 0 Å². The van der Waals surface area contributed by atoms with Gasteiger partial charge in [0.25, 0.3) is 5.91 Å². The molecule has 0 radical (unpaired) electrons. The summed E-state index contributed by atoms with van der Waals surface area (Å²) in [4.78, 5) is 13.3. The molecule has 136 valence electrons. The minimum Gasteiger partial charge on any atom is -0.495 e. The molecule has 1 aromatic heterocycles. The second-order valence-corrected chi connectivity index (χ2v) is 5.84. The molecule has 1 aromatic carbocycles. The van der Waals surface area contributed by atoms with Crippen molar-refractivity contribution in [2.24, 2.45) is 0 Å². The van der Waals surface area contributed by atoms with Crippen LogP contribution in [0.3, 0.4) is 0 Å². The van der Waals surface area contributed by atoms with E-state index in [1.807, 2.05) is 0 Å². The summed E-state index contributed by atoms with van der Waals surface area (Å²) in [5.41, 5.74) is 0.00714. The number of halogens is 4. The normalized spacial score (nSPS) is 11.3. The number of carbonyl (C=O) groups excluding carboxylic acids is 1. The molecule has 0 saturated carbocycles. The first-order chi connectivity index (χ1) is 11.7. The van der Waals surface area contributed by atoms with Gasteiger partial charge in [-0.3, -0.25) is 4.79 Å². The third kappa shape index (κ3) is 4.91. The number of ether oxygens (including phenoxy) is 2. The first kappa shape index (κ1) is 19.2. The van der Waals surface area contributed by atoms with Crippen LogP contribution in [0.4, 0.5) is 13.2 Å². The summed E-state index contributed by atoms with van der Waals surface area (Å²) in [6, 6.07) is 5.73. The SMILES string of the molecule is COc1cc(C(=O)N(Cc2ccco2)CC(F)(F)F)cc(OC)c1Br. The standard InChI is InChI=1S/C16H15BrF3NO4/c1-23-12-6-10(7-13(24-2)14(12)17)15(22)21(9-16(18,19)20)8-11-4-3-5-25-11/h3-7H,8-9H2,1-2H3. The van der Waals surface area contributed by atoms with Crippen LogP contribution in [0.1, 0.15) is 16.1 Å². The Kier molecular flexibility index (Phi) is 5.99. The van der Waals surface area contributed by atoms with E-state index in [2.05, 4.69) is 15.9 Å². The molecule has 0 fully saturated rings. The zero-order valence-corrected chi connectivity index (χ0v) is 15.0. The first-order valence-corrected chi connectivity index (χ1v) is 7.84. The van der Waals surface area contributed by atoms with Gasteiger partial charge in [-0.1, -0.05) is 0 Å². The summed E-state index contributed by atoms with van der Waals surface area (Å²) < 4.78 is 54.4. The summed E-state index contributed by atoms with van der Waals surface area (Å²) in [6.07, 6.45) is -3.22. The van der Waals surface area contributed by atoms with Crippen molar-refractivity contribution in [3.05, 3.63) is 46.3 Å². The van der Waals surface area contributed by atoms with Crippen LogP contribution in [0.25, 0.3) is 0 Å². The number of rotatable bonds is 6. The Labute approximate surface area is 150 Å². The zero-order chi connectivity index (χ0) is 18.6. The minimum atomic E-state index is -4.55. The van der Waals surface area contributed by atoms with Gasteiger partial charge in [0.1, 0.15) is 28.3 Å². The molecule has 1 heterocycles. The van der Waals surface area contributed by atoms with E-state index in [4.69, 9.17) is 13.9 Å². The van der Waals surface area contributed by atoms with E-state index in [0.717, 1.165) is 0 Å². The summed E-state index contributed by atoms with van der Waals surface area (Å²) in [5, 5.41) is 0. The average Bonchev–Trinajstić information content (AvgIpc) is 3.05. The largest absolute Gasteiger partial charge is 0.495 e. The van der Waals surface area contributed by atoms with Crippen molar-refractivity contribution in [3.8, 4) is 11.5 Å². The summed E-state index contributed by atoms with van der Waals surface area (Å²) in [6.45, 7) is -1.72. The van der Waals surface area contributed by atoms with Gasteiger partial charge in [0.05, 0.1) is 27.0 Å². The van der Waals surface area contributed by atoms with Gasteiger partial charge in [-0.15, -0.1) is 0 Å². The number of carbonyl (C=O) groups is 1. The Hall–Kier alpha value is -2.16. The molecule has 5 nitrogen and oxygen atoms in total. The molecule has 0 spiro atoms. The Bertz CT molecular complexity index is 706. The van der Waals surface area contributed by atoms with Gasteiger partial charge in [0.15, 0.2) is 0 Å². The third-order valence-corrected chi connectivity index (χ3v) is 4.06. The predicted octanol–water partition coefficient (Wildman–Crippen LogP) is 4.26. The van der Waals surface area contributed by atoms with Crippen molar-refractivity contribution < 1.29 is 31.9 Å². The van der Waals surface area contributed by atoms with Crippen LogP contribution in [0, 0.1) is 0 Å². The van der Waals surface area contributed by atoms with E-state index in [9.17, 15) is 18.0 Å². The van der Waals surface area contributed by atoms with E-state index < -0.39 is 18.6 Å². The molecule has 9 heteroatoms. The lowest BCUT2D eigenvalue weighted by atomic mass is 10.1. The monoisotopic (exact) mass is 421 g/mol. The lowest BCUT2D eigenvalue weighted by Gasteiger charge is -2.23. The molecule has 0 atom stereocenters. The molecule has 25 heavy (non-hydrogen) atoms. The number of nitrogens with zero attached hydrogens (tertiary/aromatic N) is 1. The number of furan rings is 1. The number of hydrogen-bond donors (Lipinski definition) is 0. The maximum Gasteiger partial charge on any atom is 0.406 e. The molecule has 0 saturated heterocycles. The zero-order valence-electron chi connectivity index (χ0n) is 13.4. The summed E-state index contributed by atoms with van der Waals surface area (Å²) in [7, 11) is 2.76. The van der Waals surface area contributed by atoms with E-state index >= 15 is 0 Å². The molecule has 0 aliphatic heterocycles. The fourth-order valence-electron chi connectivity index (χ4n) is 2.18. The number of alkyl halides is 3. The number of benzene rings is 1. The van der Waals surface area contributed by atoms with Crippen molar-refractivity contribution >= 4 is 21.8 Å². The van der Waals surface area contributed by atoms with Gasteiger partial charge in [-0.05, 0) is 40.2 Å². The second-order valence-electron chi connectivity index (χ2n) is 5.05. The van der Waals surface area contributed by atoms with Gasteiger partial charge >= 0.3 is 6.18 Å². The van der Waals surface area contributed by atoms with Crippen LogP contribution >= 0.6 is 15.9 Å². The van der Waals surface area contributed by atoms with Crippen molar-refractivity contribution in [1.82, 2.24) is 4.90 Å². The lowest BCUT2D eigenvalue weighted by Crippen LogP contribution is -2.38. The van der Waals surface area contributed by atoms with Gasteiger partial charge in [-0.2, -0.15) is 13.2 Å². The highest BCUT2D eigenvalue weighted by Crippen LogP contribution is 2.36. The summed E-state index contributed by atoms with van der Waals surface area (Å²) >= 11 is 3.25. The maximum atomic E-state index is 12.9. The van der Waals surface area contributed by atoms with Crippen molar-refractivity contribution in [1.29, 1.82) is 0 Å². The molecule has 0 bridgehead atoms. The molecular formula is C16H15BrF3NO4. The van der Waals surface area contributed by atoms with E-state index in [1.54, 1.807) is 0 Å². The fourth-order valence-corrected chi connectivity index (χ4v) is 2.73. The Morgan fingerprint density at radius 2 is 1.84 bits per heavy atom. The lowest BCUT2D eigenvalue weighted by molar-refractivity contribution is -0.142. The maximum absolute atomic E-state index is 12.9. The van der Waals surface area contributed by atoms with Crippen LogP contribution in [0.2, 0.25) is 0 Å². The molecule has 0 N–H and O–H groups in total. The van der Waals surface area contributed by atoms with Gasteiger partial charge in [0.2, 0.25) is 0 Å². The summed E-state index contributed by atoms with van der Waals surface area (Å²) in [5.74, 6) is -0.0354. The van der Waals surface area contributed by atoms with Crippen LogP contribution in [-0.4, -0.2) is 37.7 Å². The molecular weight excluding hydrogens is 407 g/mol. The molecule has 2 aromatic rings. The highest BCUT2D eigenvalue weighted by Gasteiger charge is 2.34. The van der Waals surface area contributed by atoms with Gasteiger partial charge < -0.3 is 18.8 Å². The highest BCUT2D eigenvalue weighted by atomic mass is 79.9. The smallest absolute Gasteiger partial charge is 0.406 e. The predicted molar refractivity (Wildman–Crippen MR) is 86.7 cm³/mol. The molecule has 1 amide bonds. The second kappa shape index (κ2) is 7.81. The van der Waals surface area contributed by atoms with Crippen LogP contribution in [0.5, 0.6) is 11.5 Å². The van der Waals surface area contributed by atoms with E-state index in [-0.39, 0.29) is 29.4 Å². The highest BCUT2D eigenvalue weighted by molar-refractivity contribution is 9.10. The molecule has 2 rings (SSSR count). The van der Waals surface area contributed by atoms with Crippen LogP contribution in [0.15, 0.2) is 39.4 Å². The number of amides is 1. The van der Waals surface area contributed by atoms with Gasteiger partial charge in [0, 0.05) is 5.56 Å². The Balaban J connectivity index is 2.38. The molecule has 0 aliphatic carbocycles. The number of hydrogen-bond acceptors (Lipinski definition) is 4. The van der Waals surface area contributed by atoms with E-state index in [1.165, 1.54) is 44.7 Å². The third-order valence-electron chi connectivity index (χ3n) is 3.28.